The Bertz CT molecular complexity index is 1410. The number of aromatic amines is 1. The number of benzene rings is 2. The second kappa shape index (κ2) is 10.0. The minimum atomic E-state index is -0.314. The molecule has 5 rings (SSSR count). The van der Waals surface area contributed by atoms with E-state index in [1.165, 1.54) is 0 Å². The Morgan fingerprint density at radius 3 is 2.53 bits per heavy atom. The highest BCUT2D eigenvalue weighted by molar-refractivity contribution is 6.04. The van der Waals surface area contributed by atoms with E-state index in [9.17, 15) is 4.79 Å². The minimum absolute atomic E-state index is 0. The minimum Gasteiger partial charge on any atom is -0.496 e. The third-order valence-electron chi connectivity index (χ3n) is 7.12. The zero-order valence-electron chi connectivity index (χ0n) is 20.8. The molecule has 0 saturated carbocycles. The third kappa shape index (κ3) is 4.19. The number of aromatic nitrogens is 2. The predicted octanol–water partition coefficient (Wildman–Crippen LogP) is 6.21. The summed E-state index contributed by atoms with van der Waals surface area (Å²) in [5.74, 6) is 1.28. The number of piperidine rings is 1. The SMILES string of the molecule is CCc1cc(-c2ccccc2OC)c2cc(C(=O)N3CCC(c4ncccc4OC)CC3)[nH]c2c1F.[HH]. The van der Waals surface area contributed by atoms with Crippen LogP contribution in [0.25, 0.3) is 22.0 Å². The van der Waals surface area contributed by atoms with Crippen molar-refractivity contribution in [1.82, 2.24) is 14.9 Å². The Morgan fingerprint density at radius 1 is 1.08 bits per heavy atom. The number of nitrogens with zero attached hydrogens (tertiary/aromatic N) is 2. The number of hydrogen-bond acceptors (Lipinski definition) is 4. The number of carbonyl (C=O) groups is 1. The van der Waals surface area contributed by atoms with Gasteiger partial charge >= 0.3 is 0 Å². The number of hydrogen-bond donors (Lipinski definition) is 1. The summed E-state index contributed by atoms with van der Waals surface area (Å²) in [6.45, 7) is 3.12. The van der Waals surface area contributed by atoms with Crippen LogP contribution in [0.1, 0.15) is 48.9 Å². The fourth-order valence-corrected chi connectivity index (χ4v) is 5.19. The Labute approximate surface area is 211 Å². The number of aryl methyl sites for hydroxylation is 1. The van der Waals surface area contributed by atoms with E-state index in [2.05, 4.69) is 9.97 Å². The first kappa shape index (κ1) is 23.9. The number of carbonyl (C=O) groups excluding carboxylic acids is 1. The van der Waals surface area contributed by atoms with Crippen molar-refractivity contribution in [2.24, 2.45) is 0 Å². The fourth-order valence-electron chi connectivity index (χ4n) is 5.19. The lowest BCUT2D eigenvalue weighted by Crippen LogP contribution is -2.38. The summed E-state index contributed by atoms with van der Waals surface area (Å²) in [6.07, 6.45) is 3.90. The average Bonchev–Trinajstić information content (AvgIpc) is 3.39. The summed E-state index contributed by atoms with van der Waals surface area (Å²) in [7, 11) is 3.27. The van der Waals surface area contributed by atoms with Gasteiger partial charge in [0.05, 0.1) is 25.4 Å². The highest BCUT2D eigenvalue weighted by Crippen LogP contribution is 2.38. The monoisotopic (exact) mass is 489 g/mol. The Kier molecular flexibility index (Phi) is 6.63. The number of pyridine rings is 1. The largest absolute Gasteiger partial charge is 0.496 e. The zero-order chi connectivity index (χ0) is 25.2. The van der Waals surface area contributed by atoms with E-state index in [-0.39, 0.29) is 19.1 Å². The van der Waals surface area contributed by atoms with E-state index in [1.54, 1.807) is 26.5 Å². The molecule has 4 aromatic rings. The van der Waals surface area contributed by atoms with Gasteiger partial charge in [0, 0.05) is 37.6 Å². The van der Waals surface area contributed by atoms with Crippen LogP contribution >= 0.6 is 0 Å². The molecule has 36 heavy (non-hydrogen) atoms. The average molecular weight is 490 g/mol. The number of halogens is 1. The molecule has 188 valence electrons. The number of fused-ring (bicyclic) bond motifs is 1. The molecule has 2 aromatic heterocycles. The summed E-state index contributed by atoms with van der Waals surface area (Å²) in [6, 6.07) is 15.1. The molecule has 0 atom stereocenters. The first-order valence-corrected chi connectivity index (χ1v) is 12.3. The van der Waals surface area contributed by atoms with Gasteiger partial charge in [-0.05, 0) is 60.7 Å². The first-order chi connectivity index (χ1) is 17.5. The van der Waals surface area contributed by atoms with Gasteiger partial charge in [-0.2, -0.15) is 0 Å². The number of H-pyrrole nitrogens is 1. The summed E-state index contributed by atoms with van der Waals surface area (Å²) >= 11 is 0. The standard InChI is InChI=1S/C29H30FN3O3.H2/c1-4-18-16-21(20-8-5-6-9-24(20)35-2)22-17-23(32-28(22)26(18)30)29(34)33-14-11-19(12-15-33)27-25(36-3)10-7-13-31-27;/h5-10,13,16-17,19,32H,4,11-12,14-15H2,1-3H3;1H. The lowest BCUT2D eigenvalue weighted by molar-refractivity contribution is 0.0706. The molecule has 1 fully saturated rings. The molecule has 7 heteroatoms. The molecule has 6 nitrogen and oxygen atoms in total. The summed E-state index contributed by atoms with van der Waals surface area (Å²) in [5, 5.41) is 0.672. The van der Waals surface area contributed by atoms with Crippen LogP contribution in [0.15, 0.2) is 54.7 Å². The molecule has 0 bridgehead atoms. The van der Waals surface area contributed by atoms with Gasteiger partial charge in [0.15, 0.2) is 0 Å². The van der Waals surface area contributed by atoms with Gasteiger partial charge in [0.1, 0.15) is 23.0 Å². The van der Waals surface area contributed by atoms with Crippen LogP contribution in [-0.2, 0) is 6.42 Å². The number of likely N-dealkylation sites (tertiary alicyclic amines) is 1. The quantitative estimate of drug-likeness (QED) is 0.349. The van der Waals surface area contributed by atoms with Crippen molar-refractivity contribution in [2.45, 2.75) is 32.1 Å². The van der Waals surface area contributed by atoms with Crippen molar-refractivity contribution in [1.29, 1.82) is 0 Å². The van der Waals surface area contributed by atoms with E-state index in [0.29, 0.717) is 47.4 Å². The smallest absolute Gasteiger partial charge is 0.270 e. The van der Waals surface area contributed by atoms with E-state index in [0.717, 1.165) is 35.4 Å². The Hall–Kier alpha value is -3.87. The molecular formula is C29H32FN3O3. The van der Waals surface area contributed by atoms with Gasteiger partial charge in [-0.25, -0.2) is 4.39 Å². The number of rotatable bonds is 6. The highest BCUT2D eigenvalue weighted by atomic mass is 19.1. The molecule has 0 radical (unpaired) electrons. The molecule has 1 amide bonds. The van der Waals surface area contributed by atoms with Crippen LogP contribution in [0, 0.1) is 5.82 Å². The number of para-hydroxylation sites is 1. The van der Waals surface area contributed by atoms with Crippen molar-refractivity contribution >= 4 is 16.8 Å². The molecule has 0 spiro atoms. The molecule has 1 N–H and O–H groups in total. The summed E-state index contributed by atoms with van der Waals surface area (Å²) in [4.78, 5) is 22.9. The van der Waals surface area contributed by atoms with E-state index in [4.69, 9.17) is 9.47 Å². The van der Waals surface area contributed by atoms with E-state index >= 15 is 4.39 Å². The maximum atomic E-state index is 15.4. The van der Waals surface area contributed by atoms with E-state index < -0.39 is 0 Å². The first-order valence-electron chi connectivity index (χ1n) is 12.3. The van der Waals surface area contributed by atoms with Crippen LogP contribution in [0.2, 0.25) is 0 Å². The maximum Gasteiger partial charge on any atom is 0.270 e. The molecular weight excluding hydrogens is 457 g/mol. The van der Waals surface area contributed by atoms with E-state index in [1.807, 2.05) is 54.3 Å². The normalized spacial score (nSPS) is 14.3. The summed E-state index contributed by atoms with van der Waals surface area (Å²) in [5.41, 5.74) is 3.98. The van der Waals surface area contributed by atoms with Gasteiger partial charge in [-0.3, -0.25) is 9.78 Å². The fraction of sp³-hybridized carbons (Fsp3) is 0.310. The van der Waals surface area contributed by atoms with Gasteiger partial charge in [0.2, 0.25) is 0 Å². The molecule has 3 heterocycles. The predicted molar refractivity (Wildman–Crippen MR) is 140 cm³/mol. The van der Waals surface area contributed by atoms with Gasteiger partial charge < -0.3 is 19.4 Å². The molecule has 0 aliphatic carbocycles. The van der Waals surface area contributed by atoms with Crippen LogP contribution in [0.5, 0.6) is 11.5 Å². The Balaban J connectivity index is 0.00000320. The van der Waals surface area contributed by atoms with Crippen LogP contribution in [0.4, 0.5) is 4.39 Å². The third-order valence-corrected chi connectivity index (χ3v) is 7.12. The second-order valence-corrected chi connectivity index (χ2v) is 9.08. The van der Waals surface area contributed by atoms with Crippen molar-refractivity contribution in [3.05, 3.63) is 77.5 Å². The summed E-state index contributed by atoms with van der Waals surface area (Å²) < 4.78 is 26.4. The van der Waals surface area contributed by atoms with Crippen molar-refractivity contribution in [2.75, 3.05) is 27.3 Å². The molecule has 0 unspecified atom stereocenters. The van der Waals surface area contributed by atoms with Crippen LogP contribution in [0.3, 0.4) is 0 Å². The molecule has 2 aromatic carbocycles. The van der Waals surface area contributed by atoms with Gasteiger partial charge in [-0.15, -0.1) is 0 Å². The molecule has 1 aliphatic rings. The Morgan fingerprint density at radius 2 is 1.81 bits per heavy atom. The van der Waals surface area contributed by atoms with Crippen molar-refractivity contribution in [3.8, 4) is 22.6 Å². The number of ether oxygens (including phenoxy) is 2. The number of amides is 1. The lowest BCUT2D eigenvalue weighted by Gasteiger charge is -2.32. The lowest BCUT2D eigenvalue weighted by atomic mass is 9.92. The molecule has 1 saturated heterocycles. The van der Waals surface area contributed by atoms with Gasteiger partial charge in [-0.1, -0.05) is 25.1 Å². The number of nitrogens with one attached hydrogen (secondary N) is 1. The zero-order valence-corrected chi connectivity index (χ0v) is 20.8. The maximum absolute atomic E-state index is 15.4. The molecule has 1 aliphatic heterocycles. The highest BCUT2D eigenvalue weighted by Gasteiger charge is 2.28. The van der Waals surface area contributed by atoms with Crippen LogP contribution < -0.4 is 9.47 Å². The van der Waals surface area contributed by atoms with Crippen molar-refractivity contribution < 1.29 is 20.1 Å². The van der Waals surface area contributed by atoms with Crippen LogP contribution in [-0.4, -0.2) is 48.1 Å². The van der Waals surface area contributed by atoms with Crippen molar-refractivity contribution in [3.63, 3.8) is 0 Å². The number of methoxy groups -OCH3 is 2. The van der Waals surface area contributed by atoms with Gasteiger partial charge in [0.25, 0.3) is 5.91 Å². The topological polar surface area (TPSA) is 67.4 Å². The second-order valence-electron chi connectivity index (χ2n) is 9.08.